The van der Waals surface area contributed by atoms with Crippen molar-refractivity contribution in [2.75, 3.05) is 0 Å². The lowest BCUT2D eigenvalue weighted by Crippen LogP contribution is -2.29. The van der Waals surface area contributed by atoms with Crippen molar-refractivity contribution in [3.8, 4) is 0 Å². The van der Waals surface area contributed by atoms with Crippen molar-refractivity contribution in [1.82, 2.24) is 5.43 Å². The minimum atomic E-state index is 0.204. The summed E-state index contributed by atoms with van der Waals surface area (Å²) in [5, 5.41) is 2.15. The van der Waals surface area contributed by atoms with Gasteiger partial charge in [0.2, 0.25) is 0 Å². The first-order valence-corrected chi connectivity index (χ1v) is 7.62. The molecule has 0 amide bonds. The maximum absolute atomic E-state index is 5.78. The highest BCUT2D eigenvalue weighted by atomic mass is 32.1. The Labute approximate surface area is 119 Å². The normalized spacial score (nSPS) is 12.6. The molecule has 0 saturated carbocycles. The summed E-state index contributed by atoms with van der Waals surface area (Å²) in [7, 11) is 0. The van der Waals surface area contributed by atoms with Gasteiger partial charge in [-0.3, -0.25) is 11.3 Å². The Morgan fingerprint density at radius 3 is 2.68 bits per heavy atom. The topological polar surface area (TPSA) is 38.0 Å². The molecule has 0 radical (unpaired) electrons. The summed E-state index contributed by atoms with van der Waals surface area (Å²) in [6, 6.07) is 9.02. The monoisotopic (exact) mass is 274 g/mol. The van der Waals surface area contributed by atoms with Crippen molar-refractivity contribution in [2.45, 2.75) is 39.7 Å². The molecule has 0 aliphatic carbocycles. The average Bonchev–Trinajstić information content (AvgIpc) is 2.88. The second kappa shape index (κ2) is 6.33. The number of nitrogens with two attached hydrogens (primary N) is 1. The maximum atomic E-state index is 5.78. The number of hydrazine groups is 1. The summed E-state index contributed by atoms with van der Waals surface area (Å²) in [6.45, 7) is 6.49. The van der Waals surface area contributed by atoms with Crippen LogP contribution >= 0.6 is 11.3 Å². The van der Waals surface area contributed by atoms with Crippen molar-refractivity contribution >= 4 is 11.3 Å². The van der Waals surface area contributed by atoms with Crippen LogP contribution in [0.1, 0.15) is 40.1 Å². The highest BCUT2D eigenvalue weighted by Gasteiger charge is 2.16. The van der Waals surface area contributed by atoms with E-state index in [1.54, 1.807) is 11.3 Å². The van der Waals surface area contributed by atoms with E-state index in [0.717, 1.165) is 12.8 Å². The molecule has 1 aromatic carbocycles. The van der Waals surface area contributed by atoms with E-state index in [1.165, 1.54) is 27.1 Å². The zero-order chi connectivity index (χ0) is 13.8. The first-order chi connectivity index (χ1) is 9.15. The molecule has 0 aliphatic rings. The molecule has 3 heteroatoms. The van der Waals surface area contributed by atoms with Crippen LogP contribution in [0.15, 0.2) is 29.6 Å². The molecule has 0 fully saturated rings. The van der Waals surface area contributed by atoms with Crippen molar-refractivity contribution in [2.24, 2.45) is 5.84 Å². The third kappa shape index (κ3) is 3.24. The van der Waals surface area contributed by atoms with Crippen LogP contribution in [0.5, 0.6) is 0 Å². The summed E-state index contributed by atoms with van der Waals surface area (Å²) in [4.78, 5) is 1.37. The Hall–Kier alpha value is -1.16. The van der Waals surface area contributed by atoms with Gasteiger partial charge in [0.15, 0.2) is 0 Å². The van der Waals surface area contributed by atoms with Crippen LogP contribution in [-0.4, -0.2) is 0 Å². The zero-order valence-electron chi connectivity index (χ0n) is 11.9. The van der Waals surface area contributed by atoms with E-state index in [4.69, 9.17) is 5.84 Å². The van der Waals surface area contributed by atoms with E-state index in [2.05, 4.69) is 55.8 Å². The summed E-state index contributed by atoms with van der Waals surface area (Å²) in [6.07, 6.45) is 2.00. The molecule has 2 rings (SSSR count). The number of hydrogen-bond donors (Lipinski definition) is 2. The number of rotatable bonds is 5. The predicted octanol–water partition coefficient (Wildman–Crippen LogP) is 3.67. The molecule has 0 spiro atoms. The molecule has 1 aromatic heterocycles. The van der Waals surface area contributed by atoms with Crippen molar-refractivity contribution in [3.63, 3.8) is 0 Å². The molecule has 19 heavy (non-hydrogen) atoms. The van der Waals surface area contributed by atoms with E-state index >= 15 is 0 Å². The van der Waals surface area contributed by atoms with Gasteiger partial charge in [-0.1, -0.05) is 30.7 Å². The van der Waals surface area contributed by atoms with Crippen LogP contribution in [0.2, 0.25) is 0 Å². The summed E-state index contributed by atoms with van der Waals surface area (Å²) in [5.41, 5.74) is 8.40. The Kier molecular flexibility index (Phi) is 4.75. The van der Waals surface area contributed by atoms with Gasteiger partial charge in [-0.2, -0.15) is 0 Å². The van der Waals surface area contributed by atoms with Crippen LogP contribution in [-0.2, 0) is 12.8 Å². The molecular formula is C16H22N2S. The summed E-state index contributed by atoms with van der Waals surface area (Å²) in [5.74, 6) is 5.78. The highest BCUT2D eigenvalue weighted by molar-refractivity contribution is 7.10. The SMILES string of the molecule is CCc1ccsc1C(Cc1cc(C)ccc1C)NN. The number of thiophene rings is 1. The summed E-state index contributed by atoms with van der Waals surface area (Å²) >= 11 is 1.79. The first-order valence-electron chi connectivity index (χ1n) is 6.74. The van der Waals surface area contributed by atoms with Gasteiger partial charge in [0, 0.05) is 4.88 Å². The van der Waals surface area contributed by atoms with Crippen LogP contribution in [0.3, 0.4) is 0 Å². The van der Waals surface area contributed by atoms with Crippen molar-refractivity contribution in [1.29, 1.82) is 0 Å². The molecule has 102 valence electrons. The zero-order valence-corrected chi connectivity index (χ0v) is 12.7. The molecule has 2 nitrogen and oxygen atoms in total. The fraction of sp³-hybridized carbons (Fsp3) is 0.375. The molecule has 1 unspecified atom stereocenters. The Balaban J connectivity index is 2.26. The molecule has 0 bridgehead atoms. The smallest absolute Gasteiger partial charge is 0.0596 e. The van der Waals surface area contributed by atoms with Gasteiger partial charge in [-0.25, -0.2) is 0 Å². The lowest BCUT2D eigenvalue weighted by atomic mass is 9.97. The lowest BCUT2D eigenvalue weighted by Gasteiger charge is -2.18. The number of aryl methyl sites for hydroxylation is 3. The van der Waals surface area contributed by atoms with E-state index < -0.39 is 0 Å². The maximum Gasteiger partial charge on any atom is 0.0596 e. The third-order valence-corrected chi connectivity index (χ3v) is 4.68. The molecule has 3 N–H and O–H groups in total. The van der Waals surface area contributed by atoms with Gasteiger partial charge in [-0.15, -0.1) is 11.3 Å². The highest BCUT2D eigenvalue weighted by Crippen LogP contribution is 2.28. The Morgan fingerprint density at radius 2 is 2.00 bits per heavy atom. The minimum Gasteiger partial charge on any atom is -0.271 e. The molecule has 1 atom stereocenters. The largest absolute Gasteiger partial charge is 0.271 e. The van der Waals surface area contributed by atoms with Gasteiger partial charge in [0.25, 0.3) is 0 Å². The summed E-state index contributed by atoms with van der Waals surface area (Å²) < 4.78 is 0. The van der Waals surface area contributed by atoms with Crippen molar-refractivity contribution in [3.05, 3.63) is 56.8 Å². The number of hydrogen-bond acceptors (Lipinski definition) is 3. The van der Waals surface area contributed by atoms with E-state index in [-0.39, 0.29) is 6.04 Å². The van der Waals surface area contributed by atoms with E-state index in [0.29, 0.717) is 0 Å². The fourth-order valence-corrected chi connectivity index (χ4v) is 3.47. The van der Waals surface area contributed by atoms with Gasteiger partial charge in [0.1, 0.15) is 0 Å². The second-order valence-corrected chi connectivity index (χ2v) is 5.96. The molecule has 0 saturated heterocycles. The quantitative estimate of drug-likeness (QED) is 0.645. The van der Waals surface area contributed by atoms with Gasteiger partial charge in [0.05, 0.1) is 6.04 Å². The van der Waals surface area contributed by atoms with Gasteiger partial charge in [-0.05, 0) is 54.8 Å². The van der Waals surface area contributed by atoms with E-state index in [9.17, 15) is 0 Å². The minimum absolute atomic E-state index is 0.204. The van der Waals surface area contributed by atoms with Crippen LogP contribution in [0, 0.1) is 13.8 Å². The number of nitrogens with one attached hydrogen (secondary N) is 1. The predicted molar refractivity (Wildman–Crippen MR) is 83.4 cm³/mol. The molecular weight excluding hydrogens is 252 g/mol. The Morgan fingerprint density at radius 1 is 1.21 bits per heavy atom. The van der Waals surface area contributed by atoms with Crippen molar-refractivity contribution < 1.29 is 0 Å². The third-order valence-electron chi connectivity index (χ3n) is 3.61. The van der Waals surface area contributed by atoms with Crippen LogP contribution in [0.25, 0.3) is 0 Å². The Bertz CT molecular complexity index is 545. The van der Waals surface area contributed by atoms with Crippen LogP contribution in [0.4, 0.5) is 0 Å². The van der Waals surface area contributed by atoms with Gasteiger partial charge >= 0.3 is 0 Å². The molecule has 2 aromatic rings. The van der Waals surface area contributed by atoms with Gasteiger partial charge < -0.3 is 0 Å². The second-order valence-electron chi connectivity index (χ2n) is 5.02. The standard InChI is InChI=1S/C16H22N2S/c1-4-13-7-8-19-16(13)15(18-17)10-14-9-11(2)5-6-12(14)3/h5-9,15,18H,4,10,17H2,1-3H3. The number of benzene rings is 1. The van der Waals surface area contributed by atoms with E-state index in [1.807, 2.05) is 0 Å². The van der Waals surface area contributed by atoms with Crippen LogP contribution < -0.4 is 11.3 Å². The first kappa shape index (κ1) is 14.3. The average molecular weight is 274 g/mol. The molecule has 0 aliphatic heterocycles. The molecule has 1 heterocycles. The lowest BCUT2D eigenvalue weighted by molar-refractivity contribution is 0.556. The fourth-order valence-electron chi connectivity index (χ4n) is 2.41.